The minimum absolute atomic E-state index is 0.0478. The van der Waals surface area contributed by atoms with E-state index in [1.165, 1.54) is 6.08 Å². The van der Waals surface area contributed by atoms with E-state index in [-0.39, 0.29) is 24.8 Å². The quantitative estimate of drug-likeness (QED) is 0.563. The summed E-state index contributed by atoms with van der Waals surface area (Å²) in [5.41, 5.74) is 2.07. The first kappa shape index (κ1) is 21.3. The molecule has 1 aliphatic rings. The molecule has 1 aliphatic heterocycles. The first-order chi connectivity index (χ1) is 15.5. The Morgan fingerprint density at radius 2 is 1.72 bits per heavy atom. The van der Waals surface area contributed by atoms with Crippen molar-refractivity contribution in [1.29, 1.82) is 0 Å². The lowest BCUT2D eigenvalue weighted by atomic mass is 10.1. The van der Waals surface area contributed by atoms with Gasteiger partial charge in [-0.05, 0) is 42.6 Å². The summed E-state index contributed by atoms with van der Waals surface area (Å²) in [5, 5.41) is 14.0. The van der Waals surface area contributed by atoms with Crippen molar-refractivity contribution in [1.82, 2.24) is 4.90 Å². The molecule has 32 heavy (non-hydrogen) atoms. The standard InChI is InChI=1S/C25H23N3O4/c1-2-27(22-9-5-7-17-6-3-4-8-20(17)22)24(31)18-10-12-19(13-11-18)26-21-16-23(30)28(14-15-29)25(21)32/h3-13,16,26,29H,2,14-15H2,1H3. The van der Waals surface area contributed by atoms with Crippen molar-refractivity contribution in [2.45, 2.75) is 6.92 Å². The van der Waals surface area contributed by atoms with Crippen molar-refractivity contribution in [2.75, 3.05) is 29.9 Å². The molecule has 3 aromatic carbocycles. The maximum absolute atomic E-state index is 13.3. The first-order valence-corrected chi connectivity index (χ1v) is 10.4. The van der Waals surface area contributed by atoms with Gasteiger partial charge in [-0.2, -0.15) is 0 Å². The van der Waals surface area contributed by atoms with Crippen molar-refractivity contribution < 1.29 is 19.5 Å². The Labute approximate surface area is 185 Å². The number of β-amino-alcohol motifs (C(OH)–C–C–N with tert-alkyl or cyclic N) is 1. The predicted octanol–water partition coefficient (Wildman–Crippen LogP) is 3.16. The maximum Gasteiger partial charge on any atom is 0.277 e. The number of fused-ring (bicyclic) bond motifs is 1. The number of aliphatic hydroxyl groups is 1. The molecule has 0 aliphatic carbocycles. The highest BCUT2D eigenvalue weighted by Crippen LogP contribution is 2.28. The third-order valence-corrected chi connectivity index (χ3v) is 5.36. The fourth-order valence-corrected chi connectivity index (χ4v) is 3.78. The van der Waals surface area contributed by atoms with Crippen molar-refractivity contribution in [3.05, 3.63) is 84.1 Å². The smallest absolute Gasteiger partial charge is 0.277 e. The summed E-state index contributed by atoms with van der Waals surface area (Å²) < 4.78 is 0. The number of anilines is 2. The summed E-state index contributed by atoms with van der Waals surface area (Å²) in [6, 6.07) is 20.6. The fourth-order valence-electron chi connectivity index (χ4n) is 3.78. The minimum Gasteiger partial charge on any atom is -0.395 e. The Morgan fingerprint density at radius 1 is 1.00 bits per heavy atom. The van der Waals surface area contributed by atoms with Crippen LogP contribution in [0.2, 0.25) is 0 Å². The molecule has 162 valence electrons. The molecule has 4 rings (SSSR count). The van der Waals surface area contributed by atoms with Crippen LogP contribution >= 0.6 is 0 Å². The molecular weight excluding hydrogens is 406 g/mol. The molecule has 0 radical (unpaired) electrons. The molecule has 7 heteroatoms. The zero-order valence-corrected chi connectivity index (χ0v) is 17.6. The van der Waals surface area contributed by atoms with E-state index in [1.807, 2.05) is 49.4 Å². The number of carbonyl (C=O) groups is 3. The molecule has 0 saturated carbocycles. The summed E-state index contributed by atoms with van der Waals surface area (Å²) in [7, 11) is 0. The first-order valence-electron chi connectivity index (χ1n) is 10.4. The molecule has 7 nitrogen and oxygen atoms in total. The molecule has 0 fully saturated rings. The van der Waals surface area contributed by atoms with Crippen LogP contribution in [0.3, 0.4) is 0 Å². The van der Waals surface area contributed by atoms with Crippen molar-refractivity contribution in [3.8, 4) is 0 Å². The van der Waals surface area contributed by atoms with Gasteiger partial charge in [-0.1, -0.05) is 36.4 Å². The van der Waals surface area contributed by atoms with Gasteiger partial charge in [-0.3, -0.25) is 19.3 Å². The van der Waals surface area contributed by atoms with Crippen LogP contribution in [0.5, 0.6) is 0 Å². The molecule has 3 aromatic rings. The number of hydrogen-bond donors (Lipinski definition) is 2. The summed E-state index contributed by atoms with van der Waals surface area (Å²) in [4.78, 5) is 40.1. The zero-order chi connectivity index (χ0) is 22.7. The van der Waals surface area contributed by atoms with Gasteiger partial charge in [0.25, 0.3) is 17.7 Å². The van der Waals surface area contributed by atoms with Crippen molar-refractivity contribution in [2.24, 2.45) is 0 Å². The van der Waals surface area contributed by atoms with Gasteiger partial charge in [-0.15, -0.1) is 0 Å². The summed E-state index contributed by atoms with van der Waals surface area (Å²) in [6.07, 6.45) is 1.20. The predicted molar refractivity (Wildman–Crippen MR) is 123 cm³/mol. The number of carbonyl (C=O) groups excluding carboxylic acids is 3. The number of amides is 3. The largest absolute Gasteiger partial charge is 0.395 e. The highest BCUT2D eigenvalue weighted by atomic mass is 16.3. The molecule has 0 atom stereocenters. The van der Waals surface area contributed by atoms with Crippen LogP contribution in [0.1, 0.15) is 17.3 Å². The lowest BCUT2D eigenvalue weighted by Gasteiger charge is -2.23. The van der Waals surface area contributed by atoms with E-state index in [4.69, 9.17) is 5.11 Å². The lowest BCUT2D eigenvalue weighted by molar-refractivity contribution is -0.137. The summed E-state index contributed by atoms with van der Waals surface area (Å²) in [5.74, 6) is -1.08. The molecular formula is C25H23N3O4. The average Bonchev–Trinajstić information content (AvgIpc) is 3.08. The van der Waals surface area contributed by atoms with Crippen LogP contribution in [0.4, 0.5) is 11.4 Å². The Bertz CT molecular complexity index is 1210. The second-order valence-electron chi connectivity index (χ2n) is 7.33. The van der Waals surface area contributed by atoms with Crippen LogP contribution < -0.4 is 10.2 Å². The molecule has 3 amide bonds. The third kappa shape index (κ3) is 3.98. The second kappa shape index (κ2) is 9.03. The maximum atomic E-state index is 13.3. The van der Waals surface area contributed by atoms with Crippen LogP contribution in [0.25, 0.3) is 10.8 Å². The van der Waals surface area contributed by atoms with Gasteiger partial charge >= 0.3 is 0 Å². The monoisotopic (exact) mass is 429 g/mol. The van der Waals surface area contributed by atoms with E-state index in [2.05, 4.69) is 5.32 Å². The Balaban J connectivity index is 1.53. The zero-order valence-electron chi connectivity index (χ0n) is 17.6. The lowest BCUT2D eigenvalue weighted by Crippen LogP contribution is -2.34. The average molecular weight is 429 g/mol. The number of nitrogens with zero attached hydrogens (tertiary/aromatic N) is 2. The van der Waals surface area contributed by atoms with E-state index in [0.717, 1.165) is 21.4 Å². The van der Waals surface area contributed by atoms with Crippen molar-refractivity contribution >= 4 is 39.9 Å². The molecule has 0 unspecified atom stereocenters. The van der Waals surface area contributed by atoms with E-state index in [1.54, 1.807) is 29.2 Å². The minimum atomic E-state index is -0.489. The van der Waals surface area contributed by atoms with E-state index < -0.39 is 11.8 Å². The van der Waals surface area contributed by atoms with Crippen LogP contribution in [-0.2, 0) is 9.59 Å². The number of benzene rings is 3. The van der Waals surface area contributed by atoms with Gasteiger partial charge in [0.2, 0.25) is 0 Å². The second-order valence-corrected chi connectivity index (χ2v) is 7.33. The topological polar surface area (TPSA) is 90.0 Å². The van der Waals surface area contributed by atoms with Gasteiger partial charge in [0.1, 0.15) is 5.70 Å². The van der Waals surface area contributed by atoms with Crippen LogP contribution in [0.15, 0.2) is 78.5 Å². The number of aliphatic hydroxyl groups excluding tert-OH is 1. The van der Waals surface area contributed by atoms with Gasteiger partial charge in [-0.25, -0.2) is 0 Å². The molecule has 2 N–H and O–H groups in total. The molecule has 0 spiro atoms. The number of rotatable bonds is 7. The highest BCUT2D eigenvalue weighted by Gasteiger charge is 2.30. The van der Waals surface area contributed by atoms with Crippen LogP contribution in [0, 0.1) is 0 Å². The number of nitrogens with one attached hydrogen (secondary N) is 1. The summed E-state index contributed by atoms with van der Waals surface area (Å²) >= 11 is 0. The number of hydrogen-bond acceptors (Lipinski definition) is 5. The molecule has 0 bridgehead atoms. The Kier molecular flexibility index (Phi) is 6.00. The Morgan fingerprint density at radius 3 is 2.44 bits per heavy atom. The molecule has 1 heterocycles. The normalized spacial score (nSPS) is 13.4. The highest BCUT2D eigenvalue weighted by molar-refractivity contribution is 6.17. The SMILES string of the molecule is CCN(C(=O)c1ccc(NC2=CC(=O)N(CCO)C2=O)cc1)c1cccc2ccccc12. The molecule has 0 saturated heterocycles. The van der Waals surface area contributed by atoms with Gasteiger partial charge < -0.3 is 15.3 Å². The van der Waals surface area contributed by atoms with Gasteiger partial charge in [0.05, 0.1) is 18.8 Å². The summed E-state index contributed by atoms with van der Waals surface area (Å²) in [6.45, 7) is 2.10. The van der Waals surface area contributed by atoms with E-state index >= 15 is 0 Å². The Hall–Kier alpha value is -3.97. The fraction of sp³-hybridized carbons (Fsp3) is 0.160. The van der Waals surface area contributed by atoms with Gasteiger partial charge in [0, 0.05) is 29.3 Å². The van der Waals surface area contributed by atoms with Crippen LogP contribution in [-0.4, -0.2) is 47.4 Å². The van der Waals surface area contributed by atoms with Gasteiger partial charge in [0.15, 0.2) is 0 Å². The van der Waals surface area contributed by atoms with E-state index in [9.17, 15) is 14.4 Å². The van der Waals surface area contributed by atoms with Crippen molar-refractivity contribution in [3.63, 3.8) is 0 Å². The third-order valence-electron chi connectivity index (χ3n) is 5.36. The molecule has 0 aromatic heterocycles. The number of imide groups is 1. The van der Waals surface area contributed by atoms with E-state index in [0.29, 0.717) is 17.8 Å².